The van der Waals surface area contributed by atoms with E-state index < -0.39 is 0 Å². The molecule has 2 amide bonds. The number of carbonyl (C=O) groups excluding carboxylic acids is 2. The fourth-order valence-corrected chi connectivity index (χ4v) is 1.47. The van der Waals surface area contributed by atoms with Gasteiger partial charge in [0.1, 0.15) is 0 Å². The van der Waals surface area contributed by atoms with Crippen LogP contribution in [0.25, 0.3) is 0 Å². The van der Waals surface area contributed by atoms with Gasteiger partial charge in [0.2, 0.25) is 11.8 Å². The zero-order valence-electron chi connectivity index (χ0n) is 10.0. The van der Waals surface area contributed by atoms with E-state index in [1.165, 1.54) is 0 Å². The third-order valence-corrected chi connectivity index (χ3v) is 2.37. The van der Waals surface area contributed by atoms with Crippen molar-refractivity contribution in [3.05, 3.63) is 29.8 Å². The highest BCUT2D eigenvalue weighted by molar-refractivity contribution is 5.90. The molecule has 0 aromatic heterocycles. The van der Waals surface area contributed by atoms with Crippen molar-refractivity contribution in [2.45, 2.75) is 32.6 Å². The van der Waals surface area contributed by atoms with Gasteiger partial charge >= 0.3 is 0 Å². The first-order chi connectivity index (χ1) is 8.11. The molecule has 0 spiro atoms. The van der Waals surface area contributed by atoms with E-state index in [4.69, 9.17) is 5.73 Å². The van der Waals surface area contributed by atoms with E-state index in [9.17, 15) is 9.59 Å². The Labute approximate surface area is 101 Å². The molecule has 0 bridgehead atoms. The number of aryl methyl sites for hydroxylation is 1. The Balaban J connectivity index is 2.49. The lowest BCUT2D eigenvalue weighted by molar-refractivity contribution is -0.118. The Morgan fingerprint density at radius 1 is 1.18 bits per heavy atom. The highest BCUT2D eigenvalue weighted by Gasteiger charge is 2.01. The number of anilines is 1. The molecule has 1 aromatic carbocycles. The molecule has 3 N–H and O–H groups in total. The molecule has 4 heteroatoms. The van der Waals surface area contributed by atoms with Gasteiger partial charge in [0.05, 0.1) is 0 Å². The van der Waals surface area contributed by atoms with Crippen molar-refractivity contribution >= 4 is 17.5 Å². The van der Waals surface area contributed by atoms with Gasteiger partial charge in [-0.3, -0.25) is 9.59 Å². The average Bonchev–Trinajstić information content (AvgIpc) is 2.28. The predicted octanol–water partition coefficient (Wildman–Crippen LogP) is 1.84. The summed E-state index contributed by atoms with van der Waals surface area (Å²) in [5, 5.41) is 2.80. The number of benzene rings is 1. The van der Waals surface area contributed by atoms with Crippen LogP contribution in [0.3, 0.4) is 0 Å². The second kappa shape index (κ2) is 6.68. The molecule has 1 aromatic rings. The number of hydrogen-bond donors (Lipinski definition) is 2. The third kappa shape index (κ3) is 5.15. The molecule has 0 radical (unpaired) electrons. The molecule has 92 valence electrons. The smallest absolute Gasteiger partial charge is 0.224 e. The maximum absolute atomic E-state index is 11.3. The van der Waals surface area contributed by atoms with Crippen molar-refractivity contribution in [3.8, 4) is 0 Å². The minimum Gasteiger partial charge on any atom is -0.370 e. The van der Waals surface area contributed by atoms with Gasteiger partial charge in [-0.1, -0.05) is 19.1 Å². The van der Waals surface area contributed by atoms with Gasteiger partial charge in [-0.25, -0.2) is 0 Å². The molecule has 0 unspecified atom stereocenters. The van der Waals surface area contributed by atoms with Gasteiger partial charge < -0.3 is 11.1 Å². The minimum absolute atomic E-state index is 0.0254. The van der Waals surface area contributed by atoms with E-state index in [2.05, 4.69) is 5.32 Å². The second-order valence-corrected chi connectivity index (χ2v) is 3.96. The summed E-state index contributed by atoms with van der Waals surface area (Å²) in [5.74, 6) is -0.275. The second-order valence-electron chi connectivity index (χ2n) is 3.96. The summed E-state index contributed by atoms with van der Waals surface area (Å²) >= 11 is 0. The Morgan fingerprint density at radius 2 is 1.82 bits per heavy atom. The SMILES string of the molecule is CCCC(=O)Nc1ccc(CCC(N)=O)cc1. The molecular weight excluding hydrogens is 216 g/mol. The van der Waals surface area contributed by atoms with E-state index >= 15 is 0 Å². The average molecular weight is 234 g/mol. The van der Waals surface area contributed by atoms with Crippen molar-refractivity contribution in [2.75, 3.05) is 5.32 Å². The lowest BCUT2D eigenvalue weighted by Gasteiger charge is -2.05. The zero-order valence-corrected chi connectivity index (χ0v) is 10.0. The maximum Gasteiger partial charge on any atom is 0.224 e. The lowest BCUT2D eigenvalue weighted by atomic mass is 10.1. The standard InChI is InChI=1S/C13H18N2O2/c1-2-3-13(17)15-11-7-4-10(5-8-11)6-9-12(14)16/h4-5,7-8H,2-3,6,9H2,1H3,(H2,14,16)(H,15,17). The van der Waals surface area contributed by atoms with Crippen LogP contribution >= 0.6 is 0 Å². The van der Waals surface area contributed by atoms with Crippen LogP contribution in [0.2, 0.25) is 0 Å². The predicted molar refractivity (Wildman–Crippen MR) is 67.5 cm³/mol. The first-order valence-electron chi connectivity index (χ1n) is 5.79. The lowest BCUT2D eigenvalue weighted by Crippen LogP contribution is -2.11. The molecule has 0 atom stereocenters. The van der Waals surface area contributed by atoms with E-state index in [0.717, 1.165) is 17.7 Å². The van der Waals surface area contributed by atoms with Crippen LogP contribution in [0.1, 0.15) is 31.7 Å². The highest BCUT2D eigenvalue weighted by atomic mass is 16.1. The van der Waals surface area contributed by atoms with Gasteiger partial charge in [0.25, 0.3) is 0 Å². The van der Waals surface area contributed by atoms with Gasteiger partial charge in [0, 0.05) is 18.5 Å². The maximum atomic E-state index is 11.3. The number of amides is 2. The van der Waals surface area contributed by atoms with Crippen molar-refractivity contribution < 1.29 is 9.59 Å². The van der Waals surface area contributed by atoms with Crippen LogP contribution in [0, 0.1) is 0 Å². The molecule has 0 aliphatic heterocycles. The monoisotopic (exact) mass is 234 g/mol. The van der Waals surface area contributed by atoms with E-state index in [-0.39, 0.29) is 11.8 Å². The Bertz CT molecular complexity index is 385. The minimum atomic E-state index is -0.301. The molecular formula is C13H18N2O2. The molecule has 0 heterocycles. The summed E-state index contributed by atoms with van der Waals surface area (Å²) in [7, 11) is 0. The van der Waals surface area contributed by atoms with E-state index in [1.54, 1.807) is 0 Å². The van der Waals surface area contributed by atoms with Gasteiger partial charge in [-0.2, -0.15) is 0 Å². The molecule has 0 saturated carbocycles. The summed E-state index contributed by atoms with van der Waals surface area (Å²) in [5.41, 5.74) is 6.90. The van der Waals surface area contributed by atoms with Crippen LogP contribution in [0.15, 0.2) is 24.3 Å². The number of primary amides is 1. The van der Waals surface area contributed by atoms with Crippen molar-refractivity contribution in [1.29, 1.82) is 0 Å². The molecule has 0 aliphatic rings. The van der Waals surface area contributed by atoms with Crippen LogP contribution in [-0.4, -0.2) is 11.8 Å². The number of nitrogens with one attached hydrogen (secondary N) is 1. The quantitative estimate of drug-likeness (QED) is 0.788. The van der Waals surface area contributed by atoms with Gasteiger partial charge in [-0.05, 0) is 30.5 Å². The first kappa shape index (κ1) is 13.2. The Kier molecular flexibility index (Phi) is 5.20. The Hall–Kier alpha value is -1.84. The summed E-state index contributed by atoms with van der Waals surface area (Å²) in [6.45, 7) is 1.96. The number of nitrogens with two attached hydrogens (primary N) is 1. The van der Waals surface area contributed by atoms with E-state index in [0.29, 0.717) is 19.3 Å². The molecule has 0 fully saturated rings. The number of hydrogen-bond acceptors (Lipinski definition) is 2. The van der Waals surface area contributed by atoms with Crippen molar-refractivity contribution in [2.24, 2.45) is 5.73 Å². The summed E-state index contributed by atoms with van der Waals surface area (Å²) in [6, 6.07) is 7.46. The van der Waals surface area contributed by atoms with Crippen molar-refractivity contribution in [1.82, 2.24) is 0 Å². The topological polar surface area (TPSA) is 72.2 Å². The largest absolute Gasteiger partial charge is 0.370 e. The zero-order chi connectivity index (χ0) is 12.7. The van der Waals surface area contributed by atoms with E-state index in [1.807, 2.05) is 31.2 Å². The normalized spacial score (nSPS) is 9.94. The van der Waals surface area contributed by atoms with Crippen LogP contribution in [0.5, 0.6) is 0 Å². The molecule has 0 aliphatic carbocycles. The van der Waals surface area contributed by atoms with Crippen molar-refractivity contribution in [3.63, 3.8) is 0 Å². The Morgan fingerprint density at radius 3 is 2.35 bits per heavy atom. The fourth-order valence-electron chi connectivity index (χ4n) is 1.47. The molecule has 0 saturated heterocycles. The van der Waals surface area contributed by atoms with Gasteiger partial charge in [-0.15, -0.1) is 0 Å². The summed E-state index contributed by atoms with van der Waals surface area (Å²) < 4.78 is 0. The summed E-state index contributed by atoms with van der Waals surface area (Å²) in [6.07, 6.45) is 2.35. The molecule has 4 nitrogen and oxygen atoms in total. The van der Waals surface area contributed by atoms with Crippen LogP contribution in [-0.2, 0) is 16.0 Å². The van der Waals surface area contributed by atoms with Crippen LogP contribution in [0.4, 0.5) is 5.69 Å². The van der Waals surface area contributed by atoms with Gasteiger partial charge in [0.15, 0.2) is 0 Å². The fraction of sp³-hybridized carbons (Fsp3) is 0.385. The number of rotatable bonds is 6. The number of carbonyl (C=O) groups is 2. The highest BCUT2D eigenvalue weighted by Crippen LogP contribution is 2.11. The van der Waals surface area contributed by atoms with Crippen LogP contribution < -0.4 is 11.1 Å². The molecule has 17 heavy (non-hydrogen) atoms. The molecule has 1 rings (SSSR count). The first-order valence-corrected chi connectivity index (χ1v) is 5.79. The summed E-state index contributed by atoms with van der Waals surface area (Å²) in [4.78, 5) is 22.0. The third-order valence-electron chi connectivity index (χ3n) is 2.37.